The third kappa shape index (κ3) is 5.29. The van der Waals surface area contributed by atoms with Crippen molar-refractivity contribution in [3.8, 4) is 5.69 Å². The van der Waals surface area contributed by atoms with Gasteiger partial charge in [-0.05, 0) is 93.1 Å². The van der Waals surface area contributed by atoms with Crippen LogP contribution in [0, 0.1) is 19.8 Å². The number of aryl methyl sites for hydroxylation is 3. The molecule has 2 aliphatic heterocycles. The molecule has 2 aliphatic rings. The van der Waals surface area contributed by atoms with E-state index in [0.717, 1.165) is 54.0 Å². The van der Waals surface area contributed by atoms with Gasteiger partial charge in [-0.2, -0.15) is 9.67 Å². The number of nitrogens with zero attached hydrogens (tertiary/aromatic N) is 7. The highest BCUT2D eigenvalue weighted by atomic mass is 15.5. The summed E-state index contributed by atoms with van der Waals surface area (Å²) in [6.45, 7) is 9.68. The number of aromatic nitrogens is 6. The van der Waals surface area contributed by atoms with Gasteiger partial charge in [0, 0.05) is 30.0 Å². The molecule has 35 heavy (non-hydrogen) atoms. The van der Waals surface area contributed by atoms with Crippen molar-refractivity contribution < 1.29 is 0 Å². The third-order valence-corrected chi connectivity index (χ3v) is 7.48. The number of fused-ring (bicyclic) bond motifs is 1. The van der Waals surface area contributed by atoms with Crippen LogP contribution in [0.2, 0.25) is 0 Å². The van der Waals surface area contributed by atoms with Gasteiger partial charge in [0.15, 0.2) is 5.82 Å². The predicted molar refractivity (Wildman–Crippen MR) is 138 cm³/mol. The highest BCUT2D eigenvalue weighted by Gasteiger charge is 2.32. The summed E-state index contributed by atoms with van der Waals surface area (Å²) in [5.41, 5.74) is 4.13. The number of hydrogen-bond donors (Lipinski definition) is 2. The van der Waals surface area contributed by atoms with Crippen LogP contribution in [0.1, 0.15) is 62.4 Å². The molecule has 2 N–H and O–H groups in total. The highest BCUT2D eigenvalue weighted by Crippen LogP contribution is 2.31. The van der Waals surface area contributed by atoms with Crippen LogP contribution in [0.5, 0.6) is 0 Å². The van der Waals surface area contributed by atoms with E-state index in [-0.39, 0.29) is 0 Å². The molecular weight excluding hydrogens is 438 g/mol. The van der Waals surface area contributed by atoms with Gasteiger partial charge in [-0.3, -0.25) is 0 Å². The summed E-state index contributed by atoms with van der Waals surface area (Å²) in [7, 11) is 0. The third-order valence-electron chi connectivity index (χ3n) is 7.48. The smallest absolute Gasteiger partial charge is 0.229 e. The van der Waals surface area contributed by atoms with Crippen LogP contribution in [-0.2, 0) is 6.42 Å². The van der Waals surface area contributed by atoms with Gasteiger partial charge in [0.05, 0.1) is 5.69 Å². The lowest BCUT2D eigenvalue weighted by Gasteiger charge is -2.44. The first-order chi connectivity index (χ1) is 17.1. The standard InChI is InChI=1S/C26H37N9/c1-4-8-21-17-28-26(29-23-15-22(12-11-18(23)2)35-19(3)31-32-33-35)30-25(21)27-16-20-9-7-14-34-13-6-5-10-24(20)34/h11-12,15,17,20,24H,4-10,13-14,16H2,1-3H3,(H2,27,28,29,30). The molecule has 0 saturated carbocycles. The van der Waals surface area contributed by atoms with Crippen LogP contribution in [0.25, 0.3) is 5.69 Å². The van der Waals surface area contributed by atoms with Crippen LogP contribution < -0.4 is 10.6 Å². The minimum Gasteiger partial charge on any atom is -0.369 e. The maximum absolute atomic E-state index is 4.93. The fourth-order valence-electron chi connectivity index (χ4n) is 5.58. The molecule has 9 nitrogen and oxygen atoms in total. The first kappa shape index (κ1) is 23.7. The van der Waals surface area contributed by atoms with Crippen molar-refractivity contribution in [3.63, 3.8) is 0 Å². The molecule has 0 aliphatic carbocycles. The van der Waals surface area contributed by atoms with Crippen molar-refractivity contribution in [1.82, 2.24) is 35.1 Å². The SMILES string of the molecule is CCCc1cnc(Nc2cc(-n3nnnc3C)ccc2C)nc1NCC1CCCN2CCCCC12. The summed E-state index contributed by atoms with van der Waals surface area (Å²) in [4.78, 5) is 12.3. The molecule has 2 atom stereocenters. The van der Waals surface area contributed by atoms with E-state index in [9.17, 15) is 0 Å². The second-order valence-corrected chi connectivity index (χ2v) is 9.96. The average Bonchev–Trinajstić information content (AvgIpc) is 3.31. The molecule has 2 fully saturated rings. The van der Waals surface area contributed by atoms with Crippen LogP contribution in [0.4, 0.5) is 17.5 Å². The number of hydrogen-bond acceptors (Lipinski definition) is 8. The highest BCUT2D eigenvalue weighted by molar-refractivity contribution is 5.63. The molecule has 2 saturated heterocycles. The molecule has 1 aromatic carbocycles. The van der Waals surface area contributed by atoms with Gasteiger partial charge >= 0.3 is 0 Å². The zero-order chi connectivity index (χ0) is 24.2. The van der Waals surface area contributed by atoms with Crippen molar-refractivity contribution in [2.45, 2.75) is 71.8 Å². The van der Waals surface area contributed by atoms with Crippen LogP contribution in [-0.4, -0.2) is 60.8 Å². The van der Waals surface area contributed by atoms with Gasteiger partial charge in [0.25, 0.3) is 0 Å². The Morgan fingerprint density at radius 2 is 1.97 bits per heavy atom. The Balaban J connectivity index is 1.34. The Labute approximate surface area is 207 Å². The molecule has 2 unspecified atom stereocenters. The first-order valence-electron chi connectivity index (χ1n) is 13.1. The fourth-order valence-corrected chi connectivity index (χ4v) is 5.58. The van der Waals surface area contributed by atoms with Crippen LogP contribution in [0.3, 0.4) is 0 Å². The molecule has 2 aromatic heterocycles. The quantitative estimate of drug-likeness (QED) is 0.494. The van der Waals surface area contributed by atoms with Gasteiger partial charge in [-0.15, -0.1) is 5.10 Å². The number of benzene rings is 1. The van der Waals surface area contributed by atoms with Gasteiger partial charge in [0.1, 0.15) is 5.82 Å². The van der Waals surface area contributed by atoms with E-state index in [4.69, 9.17) is 4.98 Å². The van der Waals surface area contributed by atoms with E-state index in [0.29, 0.717) is 11.9 Å². The lowest BCUT2D eigenvalue weighted by Crippen LogP contribution is -2.49. The number of piperidine rings is 2. The second-order valence-electron chi connectivity index (χ2n) is 9.96. The topological polar surface area (TPSA) is 96.7 Å². The molecular formula is C26H37N9. The molecule has 0 radical (unpaired) electrons. The molecule has 9 heteroatoms. The molecule has 3 aromatic rings. The predicted octanol–water partition coefficient (Wildman–Crippen LogP) is 4.44. The normalized spacial score (nSPS) is 20.4. The maximum Gasteiger partial charge on any atom is 0.229 e. The summed E-state index contributed by atoms with van der Waals surface area (Å²) in [6.07, 6.45) is 10.7. The van der Waals surface area contributed by atoms with E-state index < -0.39 is 0 Å². The molecule has 186 valence electrons. The van der Waals surface area contributed by atoms with Crippen molar-refractivity contribution in [1.29, 1.82) is 0 Å². The molecule has 5 rings (SSSR count). The van der Waals surface area contributed by atoms with Gasteiger partial charge < -0.3 is 15.5 Å². The minimum absolute atomic E-state index is 0.601. The van der Waals surface area contributed by atoms with Crippen molar-refractivity contribution in [3.05, 3.63) is 41.3 Å². The number of tetrazole rings is 1. The zero-order valence-electron chi connectivity index (χ0n) is 21.2. The molecule has 0 amide bonds. The van der Waals surface area contributed by atoms with Gasteiger partial charge in [0.2, 0.25) is 5.95 Å². The summed E-state index contributed by atoms with van der Waals surface area (Å²) < 4.78 is 1.72. The Kier molecular flexibility index (Phi) is 7.22. The van der Waals surface area contributed by atoms with Gasteiger partial charge in [-0.1, -0.05) is 25.8 Å². The average molecular weight is 476 g/mol. The van der Waals surface area contributed by atoms with E-state index in [2.05, 4.69) is 56.0 Å². The molecule has 4 heterocycles. The second kappa shape index (κ2) is 10.7. The number of nitrogens with one attached hydrogen (secondary N) is 2. The zero-order valence-corrected chi connectivity index (χ0v) is 21.2. The largest absolute Gasteiger partial charge is 0.369 e. The van der Waals surface area contributed by atoms with E-state index in [1.54, 1.807) is 4.68 Å². The van der Waals surface area contributed by atoms with E-state index in [1.165, 1.54) is 50.8 Å². The minimum atomic E-state index is 0.601. The Bertz CT molecular complexity index is 1140. The first-order valence-corrected chi connectivity index (χ1v) is 13.1. The van der Waals surface area contributed by atoms with Gasteiger partial charge in [-0.25, -0.2) is 4.98 Å². The van der Waals surface area contributed by atoms with Crippen molar-refractivity contribution >= 4 is 17.5 Å². The lowest BCUT2D eigenvalue weighted by molar-refractivity contribution is 0.0649. The van der Waals surface area contributed by atoms with E-state index in [1.807, 2.05) is 25.3 Å². The van der Waals surface area contributed by atoms with Crippen molar-refractivity contribution in [2.24, 2.45) is 5.92 Å². The molecule has 0 bridgehead atoms. The summed E-state index contributed by atoms with van der Waals surface area (Å²) in [5, 5.41) is 19.0. The Morgan fingerprint density at radius 1 is 1.09 bits per heavy atom. The summed E-state index contributed by atoms with van der Waals surface area (Å²) >= 11 is 0. The van der Waals surface area contributed by atoms with E-state index >= 15 is 0 Å². The summed E-state index contributed by atoms with van der Waals surface area (Å²) in [6, 6.07) is 6.83. The fraction of sp³-hybridized carbons (Fsp3) is 0.577. The van der Waals surface area contributed by atoms with Crippen LogP contribution in [0.15, 0.2) is 24.4 Å². The number of anilines is 3. The van der Waals surface area contributed by atoms with Crippen molar-refractivity contribution in [2.75, 3.05) is 30.3 Å². The Hall–Kier alpha value is -3.07. The Morgan fingerprint density at radius 3 is 2.80 bits per heavy atom. The lowest BCUT2D eigenvalue weighted by atomic mass is 9.83. The van der Waals surface area contributed by atoms with Crippen LogP contribution >= 0.6 is 0 Å². The molecule has 0 spiro atoms. The number of rotatable bonds is 8. The maximum atomic E-state index is 4.93. The monoisotopic (exact) mass is 475 g/mol. The summed E-state index contributed by atoms with van der Waals surface area (Å²) in [5.74, 6) is 2.99.